The molecule has 1 aromatic carbocycles. The number of aromatic nitrogens is 2. The maximum Gasteiger partial charge on any atom is 0.273 e. The zero-order chi connectivity index (χ0) is 18.1. The van der Waals surface area contributed by atoms with E-state index in [9.17, 15) is 4.79 Å². The van der Waals surface area contributed by atoms with Gasteiger partial charge in [-0.1, -0.05) is 0 Å². The molecule has 7 heteroatoms. The number of hydrogen-bond acceptors (Lipinski definition) is 5. The molecule has 26 heavy (non-hydrogen) atoms. The van der Waals surface area contributed by atoms with E-state index in [2.05, 4.69) is 10.2 Å². The monoisotopic (exact) mass is 353 g/mol. The third-order valence-corrected chi connectivity index (χ3v) is 4.58. The molecule has 0 bridgehead atoms. The second kappa shape index (κ2) is 6.68. The molecule has 2 aromatic heterocycles. The molecule has 1 N–H and O–H groups in total. The van der Waals surface area contributed by atoms with Crippen molar-refractivity contribution < 1.29 is 18.7 Å². The summed E-state index contributed by atoms with van der Waals surface area (Å²) in [7, 11) is 3.24. The first-order chi connectivity index (χ1) is 12.7. The molecule has 0 radical (unpaired) electrons. The van der Waals surface area contributed by atoms with Gasteiger partial charge in [0.1, 0.15) is 23.2 Å². The normalized spacial score (nSPS) is 16.2. The smallest absolute Gasteiger partial charge is 0.273 e. The van der Waals surface area contributed by atoms with Gasteiger partial charge in [0, 0.05) is 24.8 Å². The van der Waals surface area contributed by atoms with Crippen molar-refractivity contribution in [2.75, 3.05) is 27.4 Å². The van der Waals surface area contributed by atoms with Crippen LogP contribution in [0.4, 0.5) is 0 Å². The summed E-state index contributed by atoms with van der Waals surface area (Å²) in [5, 5.41) is 7.31. The van der Waals surface area contributed by atoms with Crippen molar-refractivity contribution in [3.8, 4) is 17.0 Å². The van der Waals surface area contributed by atoms with Gasteiger partial charge in [0.25, 0.3) is 5.91 Å². The van der Waals surface area contributed by atoms with Crippen molar-refractivity contribution in [2.45, 2.75) is 6.04 Å². The highest BCUT2D eigenvalue weighted by Crippen LogP contribution is 2.42. The molecule has 1 atom stereocenters. The number of H-pyrrole nitrogens is 1. The minimum atomic E-state index is -0.335. The van der Waals surface area contributed by atoms with Gasteiger partial charge < -0.3 is 18.8 Å². The van der Waals surface area contributed by atoms with Crippen LogP contribution < -0.4 is 4.74 Å². The number of carbonyl (C=O) groups is 1. The van der Waals surface area contributed by atoms with E-state index >= 15 is 0 Å². The highest BCUT2D eigenvalue weighted by atomic mass is 16.5. The first-order valence-corrected chi connectivity index (χ1v) is 8.30. The molecule has 0 spiro atoms. The molecule has 0 fully saturated rings. The minimum absolute atomic E-state index is 0.106. The maximum absolute atomic E-state index is 12.9. The van der Waals surface area contributed by atoms with Crippen LogP contribution in [0, 0.1) is 0 Å². The number of furan rings is 1. The van der Waals surface area contributed by atoms with Crippen LogP contribution in [0.25, 0.3) is 11.3 Å². The molecule has 0 saturated heterocycles. The van der Waals surface area contributed by atoms with Gasteiger partial charge in [-0.3, -0.25) is 9.89 Å². The molecule has 134 valence electrons. The number of amides is 1. The summed E-state index contributed by atoms with van der Waals surface area (Å²) in [6.07, 6.45) is 1.61. The van der Waals surface area contributed by atoms with E-state index in [1.165, 1.54) is 0 Å². The van der Waals surface area contributed by atoms with Crippen molar-refractivity contribution in [3.63, 3.8) is 0 Å². The second-order valence-corrected chi connectivity index (χ2v) is 6.00. The molecule has 4 rings (SSSR count). The van der Waals surface area contributed by atoms with Crippen LogP contribution in [0.5, 0.6) is 5.75 Å². The molecule has 1 aliphatic heterocycles. The van der Waals surface area contributed by atoms with E-state index < -0.39 is 0 Å². The summed E-state index contributed by atoms with van der Waals surface area (Å²) in [6.45, 7) is 0.907. The molecule has 0 unspecified atom stereocenters. The Morgan fingerprint density at radius 3 is 2.69 bits per heavy atom. The SMILES string of the molecule is COCCN1C(=O)c2[nH]nc(-c3ccc(OC)cc3)c2[C@H]1c1ccco1. The van der Waals surface area contributed by atoms with E-state index in [4.69, 9.17) is 13.9 Å². The van der Waals surface area contributed by atoms with Crippen molar-refractivity contribution in [3.05, 3.63) is 59.7 Å². The lowest BCUT2D eigenvalue weighted by Crippen LogP contribution is -2.32. The van der Waals surface area contributed by atoms with Crippen LogP contribution in [0.2, 0.25) is 0 Å². The van der Waals surface area contributed by atoms with Crippen LogP contribution >= 0.6 is 0 Å². The zero-order valence-corrected chi connectivity index (χ0v) is 14.6. The summed E-state index contributed by atoms with van der Waals surface area (Å²) < 4.78 is 16.0. The average Bonchev–Trinajstić information content (AvgIpc) is 3.39. The van der Waals surface area contributed by atoms with Gasteiger partial charge >= 0.3 is 0 Å². The molecule has 3 heterocycles. The fraction of sp³-hybridized carbons (Fsp3) is 0.263. The number of ether oxygens (including phenoxy) is 2. The Morgan fingerprint density at radius 2 is 2.04 bits per heavy atom. The Kier molecular flexibility index (Phi) is 4.22. The molecule has 1 aliphatic rings. The molecule has 1 amide bonds. The number of hydrogen-bond donors (Lipinski definition) is 1. The van der Waals surface area contributed by atoms with Crippen LogP contribution in [-0.2, 0) is 4.74 Å². The fourth-order valence-corrected chi connectivity index (χ4v) is 3.33. The highest BCUT2D eigenvalue weighted by Gasteiger charge is 2.43. The number of nitrogens with one attached hydrogen (secondary N) is 1. The predicted octanol–water partition coefficient (Wildman–Crippen LogP) is 2.87. The van der Waals surface area contributed by atoms with Gasteiger partial charge in [0.15, 0.2) is 0 Å². The van der Waals surface area contributed by atoms with E-state index in [1.54, 1.807) is 25.4 Å². The molecule has 0 aliphatic carbocycles. The Labute approximate surface area is 150 Å². The standard InChI is InChI=1S/C19H19N3O4/c1-24-11-9-22-18(14-4-3-10-26-14)15-16(20-21-17(15)19(22)23)12-5-7-13(25-2)8-6-12/h3-8,10,18H,9,11H2,1-2H3,(H,20,21)/t18-/m1/s1. The number of methoxy groups -OCH3 is 2. The van der Waals surface area contributed by atoms with Crippen molar-refractivity contribution >= 4 is 5.91 Å². The molecule has 7 nitrogen and oxygen atoms in total. The quantitative estimate of drug-likeness (QED) is 0.737. The first-order valence-electron chi connectivity index (χ1n) is 8.30. The first kappa shape index (κ1) is 16.4. The fourth-order valence-electron chi connectivity index (χ4n) is 3.33. The van der Waals surface area contributed by atoms with Crippen LogP contribution in [0.1, 0.15) is 27.9 Å². The maximum atomic E-state index is 12.9. The number of nitrogens with zero attached hydrogens (tertiary/aromatic N) is 2. The van der Waals surface area contributed by atoms with Gasteiger partial charge in [0.05, 0.1) is 25.7 Å². The predicted molar refractivity (Wildman–Crippen MR) is 94.0 cm³/mol. The van der Waals surface area contributed by atoms with Crippen LogP contribution in [0.3, 0.4) is 0 Å². The molecule has 3 aromatic rings. The molecule has 0 saturated carbocycles. The van der Waals surface area contributed by atoms with Gasteiger partial charge in [-0.25, -0.2) is 0 Å². The van der Waals surface area contributed by atoms with Gasteiger partial charge in [-0.2, -0.15) is 5.10 Å². The Morgan fingerprint density at radius 1 is 1.23 bits per heavy atom. The van der Waals surface area contributed by atoms with E-state index in [1.807, 2.05) is 36.4 Å². The summed E-state index contributed by atoms with van der Waals surface area (Å²) in [4.78, 5) is 14.6. The lowest BCUT2D eigenvalue weighted by Gasteiger charge is -2.24. The number of aromatic amines is 1. The molecular formula is C19H19N3O4. The largest absolute Gasteiger partial charge is 0.497 e. The zero-order valence-electron chi connectivity index (χ0n) is 14.6. The molecular weight excluding hydrogens is 334 g/mol. The summed E-state index contributed by atoms with van der Waals surface area (Å²) in [5.41, 5.74) is 2.96. The van der Waals surface area contributed by atoms with Gasteiger partial charge in [-0.05, 0) is 36.4 Å². The Balaban J connectivity index is 1.80. The minimum Gasteiger partial charge on any atom is -0.497 e. The number of carbonyl (C=O) groups excluding carboxylic acids is 1. The number of benzene rings is 1. The Bertz CT molecular complexity index is 900. The number of rotatable bonds is 6. The van der Waals surface area contributed by atoms with E-state index in [-0.39, 0.29) is 11.9 Å². The van der Waals surface area contributed by atoms with E-state index in [0.29, 0.717) is 24.6 Å². The lowest BCUT2D eigenvalue weighted by atomic mass is 10.00. The summed E-state index contributed by atoms with van der Waals surface area (Å²) >= 11 is 0. The third kappa shape index (κ3) is 2.57. The topological polar surface area (TPSA) is 80.6 Å². The average molecular weight is 353 g/mol. The Hall–Kier alpha value is -3.06. The summed E-state index contributed by atoms with van der Waals surface area (Å²) in [5.74, 6) is 1.36. The van der Waals surface area contributed by atoms with E-state index in [0.717, 1.165) is 22.6 Å². The van der Waals surface area contributed by atoms with Crippen LogP contribution in [0.15, 0.2) is 47.1 Å². The van der Waals surface area contributed by atoms with Crippen molar-refractivity contribution in [1.29, 1.82) is 0 Å². The van der Waals surface area contributed by atoms with Crippen molar-refractivity contribution in [1.82, 2.24) is 15.1 Å². The number of fused-ring (bicyclic) bond motifs is 1. The van der Waals surface area contributed by atoms with Gasteiger partial charge in [-0.15, -0.1) is 0 Å². The lowest BCUT2D eigenvalue weighted by molar-refractivity contribution is 0.0660. The highest BCUT2D eigenvalue weighted by molar-refractivity contribution is 6.00. The van der Waals surface area contributed by atoms with Crippen LogP contribution in [-0.4, -0.2) is 48.4 Å². The third-order valence-electron chi connectivity index (χ3n) is 4.58. The van der Waals surface area contributed by atoms with Crippen molar-refractivity contribution in [2.24, 2.45) is 0 Å². The second-order valence-electron chi connectivity index (χ2n) is 6.00. The van der Waals surface area contributed by atoms with Gasteiger partial charge in [0.2, 0.25) is 0 Å². The summed E-state index contributed by atoms with van der Waals surface area (Å²) in [6, 6.07) is 11.0.